The van der Waals surface area contributed by atoms with Crippen molar-refractivity contribution in [3.8, 4) is 0 Å². The Kier molecular flexibility index (Phi) is 3.98. The molecule has 1 heterocycles. The fourth-order valence-corrected chi connectivity index (χ4v) is 1.43. The van der Waals surface area contributed by atoms with E-state index < -0.39 is 0 Å². The molecule has 0 bridgehead atoms. The Labute approximate surface area is 75.5 Å². The summed E-state index contributed by atoms with van der Waals surface area (Å²) in [6.07, 6.45) is 1.32. The van der Waals surface area contributed by atoms with Crippen LogP contribution in [-0.4, -0.2) is 42.8 Å². The summed E-state index contributed by atoms with van der Waals surface area (Å²) in [5.41, 5.74) is 5.45. The van der Waals surface area contributed by atoms with E-state index in [-0.39, 0.29) is 0 Å². The summed E-state index contributed by atoms with van der Waals surface area (Å²) in [5.74, 6) is 0.827. The molecule has 0 atom stereocenters. The molecule has 12 heavy (non-hydrogen) atoms. The number of hydrogen-bond acceptors (Lipinski definition) is 3. The monoisotopic (exact) mass is 171 g/mol. The summed E-state index contributed by atoms with van der Waals surface area (Å²) >= 11 is 0. The Balaban J connectivity index is 1.95. The van der Waals surface area contributed by atoms with Gasteiger partial charge in [-0.25, -0.2) is 0 Å². The molecule has 1 rings (SSSR count). The van der Waals surface area contributed by atoms with Gasteiger partial charge in [0.2, 0.25) is 0 Å². The third-order valence-electron chi connectivity index (χ3n) is 2.27. The van der Waals surface area contributed by atoms with Gasteiger partial charge in [-0.2, -0.15) is 0 Å². The minimum atomic E-state index is 0.790. The largest absolute Gasteiger partial charge is 0.329 e. The molecular formula is C9H21N3. The fraction of sp³-hybridized carbons (Fsp3) is 1.00. The lowest BCUT2D eigenvalue weighted by Crippen LogP contribution is -2.56. The van der Waals surface area contributed by atoms with Gasteiger partial charge in [-0.05, 0) is 12.3 Å². The highest BCUT2D eigenvalue weighted by atomic mass is 15.5. The van der Waals surface area contributed by atoms with Crippen molar-refractivity contribution in [1.82, 2.24) is 9.80 Å². The molecule has 1 aliphatic rings. The smallest absolute Gasteiger partial charge is 0.0530 e. The van der Waals surface area contributed by atoms with Crippen LogP contribution in [0.15, 0.2) is 0 Å². The Hall–Kier alpha value is -0.120. The van der Waals surface area contributed by atoms with Gasteiger partial charge in [0, 0.05) is 19.6 Å². The van der Waals surface area contributed by atoms with E-state index in [9.17, 15) is 0 Å². The first-order valence-electron chi connectivity index (χ1n) is 4.87. The molecule has 0 aromatic carbocycles. The Bertz CT molecular complexity index is 119. The topological polar surface area (TPSA) is 32.5 Å². The number of nitrogens with zero attached hydrogens (tertiary/aromatic N) is 2. The van der Waals surface area contributed by atoms with Crippen molar-refractivity contribution < 1.29 is 0 Å². The average Bonchev–Trinajstić information content (AvgIpc) is 1.93. The zero-order valence-corrected chi connectivity index (χ0v) is 8.29. The molecular weight excluding hydrogens is 150 g/mol. The van der Waals surface area contributed by atoms with Crippen molar-refractivity contribution in [2.24, 2.45) is 11.7 Å². The lowest BCUT2D eigenvalue weighted by Gasteiger charge is -2.42. The molecule has 3 heteroatoms. The second kappa shape index (κ2) is 4.80. The molecule has 0 aromatic rings. The van der Waals surface area contributed by atoms with E-state index in [1.54, 1.807) is 0 Å². The Morgan fingerprint density at radius 3 is 2.25 bits per heavy atom. The SMILES string of the molecule is CC(C)CCN1CN(CCN)C1. The third kappa shape index (κ3) is 3.09. The molecule has 3 nitrogen and oxygen atoms in total. The summed E-state index contributed by atoms with van der Waals surface area (Å²) in [5, 5.41) is 0. The zero-order valence-electron chi connectivity index (χ0n) is 8.29. The quantitative estimate of drug-likeness (QED) is 0.654. The predicted molar refractivity (Wildman–Crippen MR) is 51.7 cm³/mol. The van der Waals surface area contributed by atoms with Gasteiger partial charge in [0.05, 0.1) is 13.3 Å². The minimum absolute atomic E-state index is 0.790. The van der Waals surface area contributed by atoms with Crippen LogP contribution in [0, 0.1) is 5.92 Å². The van der Waals surface area contributed by atoms with E-state index >= 15 is 0 Å². The van der Waals surface area contributed by atoms with Crippen molar-refractivity contribution in [2.75, 3.05) is 33.0 Å². The second-order valence-corrected chi connectivity index (χ2v) is 4.04. The number of rotatable bonds is 5. The third-order valence-corrected chi connectivity index (χ3v) is 2.27. The van der Waals surface area contributed by atoms with Gasteiger partial charge in [0.25, 0.3) is 0 Å². The standard InChI is InChI=1S/C9H21N3/c1-9(2)3-5-11-7-12(8-11)6-4-10/h9H,3-8,10H2,1-2H3. The summed E-state index contributed by atoms with van der Waals surface area (Å²) < 4.78 is 0. The summed E-state index contributed by atoms with van der Waals surface area (Å²) in [4.78, 5) is 4.84. The second-order valence-electron chi connectivity index (χ2n) is 4.04. The highest BCUT2D eigenvalue weighted by Crippen LogP contribution is 2.10. The highest BCUT2D eigenvalue weighted by molar-refractivity contribution is 4.70. The van der Waals surface area contributed by atoms with Gasteiger partial charge >= 0.3 is 0 Å². The van der Waals surface area contributed by atoms with Crippen LogP contribution >= 0.6 is 0 Å². The Morgan fingerprint density at radius 2 is 1.75 bits per heavy atom. The predicted octanol–water partition coefficient (Wildman–Crippen LogP) is 0.524. The average molecular weight is 171 g/mol. The van der Waals surface area contributed by atoms with Crippen molar-refractivity contribution >= 4 is 0 Å². The maximum absolute atomic E-state index is 5.45. The van der Waals surface area contributed by atoms with E-state index in [1.165, 1.54) is 13.0 Å². The summed E-state index contributed by atoms with van der Waals surface area (Å²) in [6.45, 7) is 9.90. The maximum atomic E-state index is 5.45. The molecule has 0 aliphatic carbocycles. The molecule has 1 aliphatic heterocycles. The molecule has 0 saturated carbocycles. The van der Waals surface area contributed by atoms with E-state index in [0.29, 0.717) is 0 Å². The molecule has 0 amide bonds. The van der Waals surface area contributed by atoms with Crippen LogP contribution in [0.4, 0.5) is 0 Å². The normalized spacial score (nSPS) is 20.0. The van der Waals surface area contributed by atoms with Crippen LogP contribution < -0.4 is 5.73 Å². The van der Waals surface area contributed by atoms with Crippen LogP contribution in [0.5, 0.6) is 0 Å². The minimum Gasteiger partial charge on any atom is -0.329 e. The van der Waals surface area contributed by atoms with Crippen LogP contribution in [0.3, 0.4) is 0 Å². The molecule has 2 N–H and O–H groups in total. The van der Waals surface area contributed by atoms with Crippen molar-refractivity contribution in [1.29, 1.82) is 0 Å². The van der Waals surface area contributed by atoms with Crippen LogP contribution in [0.25, 0.3) is 0 Å². The molecule has 1 fully saturated rings. The van der Waals surface area contributed by atoms with Gasteiger partial charge in [0.15, 0.2) is 0 Å². The molecule has 1 saturated heterocycles. The Morgan fingerprint density at radius 1 is 1.17 bits per heavy atom. The van der Waals surface area contributed by atoms with Gasteiger partial charge in [-0.15, -0.1) is 0 Å². The summed E-state index contributed by atoms with van der Waals surface area (Å²) in [7, 11) is 0. The maximum Gasteiger partial charge on any atom is 0.0530 e. The van der Waals surface area contributed by atoms with Crippen LogP contribution in [-0.2, 0) is 0 Å². The van der Waals surface area contributed by atoms with Crippen molar-refractivity contribution in [2.45, 2.75) is 20.3 Å². The fourth-order valence-electron chi connectivity index (χ4n) is 1.43. The summed E-state index contributed by atoms with van der Waals surface area (Å²) in [6, 6.07) is 0. The lowest BCUT2D eigenvalue weighted by atomic mass is 10.1. The van der Waals surface area contributed by atoms with E-state index in [4.69, 9.17) is 5.73 Å². The first kappa shape index (κ1) is 9.96. The van der Waals surface area contributed by atoms with E-state index in [2.05, 4.69) is 23.6 Å². The molecule has 0 aromatic heterocycles. The van der Waals surface area contributed by atoms with Gasteiger partial charge in [0.1, 0.15) is 0 Å². The molecule has 0 spiro atoms. The molecule has 0 radical (unpaired) electrons. The van der Waals surface area contributed by atoms with E-state index in [0.717, 1.165) is 32.3 Å². The number of nitrogens with two attached hydrogens (primary N) is 1. The first-order valence-corrected chi connectivity index (χ1v) is 4.87. The lowest BCUT2D eigenvalue weighted by molar-refractivity contribution is -0.0294. The highest BCUT2D eigenvalue weighted by Gasteiger charge is 2.21. The van der Waals surface area contributed by atoms with Crippen molar-refractivity contribution in [3.63, 3.8) is 0 Å². The van der Waals surface area contributed by atoms with E-state index in [1.807, 2.05) is 0 Å². The van der Waals surface area contributed by atoms with Crippen LogP contribution in [0.2, 0.25) is 0 Å². The van der Waals surface area contributed by atoms with Gasteiger partial charge < -0.3 is 5.73 Å². The van der Waals surface area contributed by atoms with Gasteiger partial charge in [-0.1, -0.05) is 13.8 Å². The number of hydrogen-bond donors (Lipinski definition) is 1. The van der Waals surface area contributed by atoms with Crippen LogP contribution in [0.1, 0.15) is 20.3 Å². The van der Waals surface area contributed by atoms with Gasteiger partial charge in [-0.3, -0.25) is 9.80 Å². The molecule has 72 valence electrons. The molecule has 0 unspecified atom stereocenters. The first-order chi connectivity index (χ1) is 5.72. The van der Waals surface area contributed by atoms with Crippen molar-refractivity contribution in [3.05, 3.63) is 0 Å². The zero-order chi connectivity index (χ0) is 8.97.